The highest BCUT2D eigenvalue weighted by Crippen LogP contribution is 2.33. The van der Waals surface area contributed by atoms with E-state index in [1.54, 1.807) is 0 Å². The first kappa shape index (κ1) is 22.1. The van der Waals surface area contributed by atoms with Crippen LogP contribution in [0.4, 0.5) is 4.53 Å². The molecule has 5 heteroatoms. The van der Waals surface area contributed by atoms with Gasteiger partial charge >= 0.3 is 0 Å². The SMILES string of the molecule is CC.CC1/C=C/CCC(C)(C(=O)NCC=O)CC1.COF. The van der Waals surface area contributed by atoms with E-state index < -0.39 is 0 Å². The molecule has 0 saturated carbocycles. The molecule has 21 heavy (non-hydrogen) atoms. The first-order valence-electron chi connectivity index (χ1n) is 7.53. The van der Waals surface area contributed by atoms with Crippen molar-refractivity contribution in [2.24, 2.45) is 11.3 Å². The van der Waals surface area contributed by atoms with Crippen LogP contribution in [-0.4, -0.2) is 25.8 Å². The zero-order valence-electron chi connectivity index (χ0n) is 13.9. The van der Waals surface area contributed by atoms with Gasteiger partial charge in [-0.3, -0.25) is 4.79 Å². The fraction of sp³-hybridized carbons (Fsp3) is 0.750. The van der Waals surface area contributed by atoms with E-state index in [0.717, 1.165) is 39.1 Å². The molecule has 0 bridgehead atoms. The third kappa shape index (κ3) is 10.2. The Labute approximate surface area is 128 Å². The molecule has 0 aliphatic heterocycles. The van der Waals surface area contributed by atoms with E-state index in [1.165, 1.54) is 0 Å². The summed E-state index contributed by atoms with van der Waals surface area (Å²) >= 11 is 0. The fourth-order valence-electron chi connectivity index (χ4n) is 2.07. The smallest absolute Gasteiger partial charge is 0.226 e. The number of aldehydes is 1. The largest absolute Gasteiger partial charge is 0.349 e. The van der Waals surface area contributed by atoms with Crippen LogP contribution in [0.1, 0.15) is 53.4 Å². The predicted octanol–water partition coefficient (Wildman–Crippen LogP) is 3.62. The quantitative estimate of drug-likeness (QED) is 0.640. The van der Waals surface area contributed by atoms with Crippen molar-refractivity contribution >= 4 is 12.2 Å². The summed E-state index contributed by atoms with van der Waals surface area (Å²) in [7, 11) is 0.958. The fourth-order valence-corrected chi connectivity index (χ4v) is 2.07. The summed E-state index contributed by atoms with van der Waals surface area (Å²) in [5.74, 6) is 0.556. The minimum atomic E-state index is -0.317. The summed E-state index contributed by atoms with van der Waals surface area (Å²) in [4.78, 5) is 25.0. The lowest BCUT2D eigenvalue weighted by Crippen LogP contribution is -2.40. The zero-order chi connectivity index (χ0) is 16.7. The molecule has 4 nitrogen and oxygen atoms in total. The Hall–Kier alpha value is -1.23. The topological polar surface area (TPSA) is 55.4 Å². The Bertz CT molecular complexity index is 308. The second-order valence-electron chi connectivity index (χ2n) is 5.07. The Morgan fingerprint density at radius 3 is 2.57 bits per heavy atom. The van der Waals surface area contributed by atoms with Gasteiger partial charge in [0.25, 0.3) is 0 Å². The predicted molar refractivity (Wildman–Crippen MR) is 83.4 cm³/mol. The van der Waals surface area contributed by atoms with Crippen LogP contribution < -0.4 is 5.32 Å². The standard InChI is InChI=1S/C13H21NO2.C2H6.CH3FO/c1-11-5-3-4-7-13(2,8-6-11)12(16)14-9-10-15;1-2;1-3-2/h3,5,10-11H,4,6-9H2,1-2H3,(H,14,16);1-2H3;1H3/b5-3+;;. The number of rotatable bonds is 3. The molecular formula is C16H30FNO3. The molecule has 1 aliphatic rings. The van der Waals surface area contributed by atoms with Crippen molar-refractivity contribution in [3.05, 3.63) is 12.2 Å². The summed E-state index contributed by atoms with van der Waals surface area (Å²) in [5.41, 5.74) is -0.317. The Morgan fingerprint density at radius 1 is 1.48 bits per heavy atom. The van der Waals surface area contributed by atoms with Crippen LogP contribution in [0.15, 0.2) is 12.2 Å². The van der Waals surface area contributed by atoms with Crippen LogP contribution >= 0.6 is 0 Å². The van der Waals surface area contributed by atoms with Gasteiger partial charge in [-0.25, -0.2) is 0 Å². The van der Waals surface area contributed by atoms with Gasteiger partial charge in [0.1, 0.15) is 6.29 Å². The summed E-state index contributed by atoms with van der Waals surface area (Å²) in [6.07, 6.45) is 8.84. The number of allylic oxidation sites excluding steroid dienone is 2. The average Bonchev–Trinajstić information content (AvgIpc) is 2.48. The van der Waals surface area contributed by atoms with Crippen molar-refractivity contribution in [2.45, 2.75) is 53.4 Å². The summed E-state index contributed by atoms with van der Waals surface area (Å²) in [6.45, 7) is 8.30. The summed E-state index contributed by atoms with van der Waals surface area (Å²) in [6, 6.07) is 0. The van der Waals surface area contributed by atoms with Crippen molar-refractivity contribution in [3.63, 3.8) is 0 Å². The number of carbonyl (C=O) groups excluding carboxylic acids is 2. The molecule has 0 aromatic rings. The minimum absolute atomic E-state index is 0.0158. The number of nitrogens with one attached hydrogen (secondary N) is 1. The first-order chi connectivity index (χ1) is 10.00. The molecule has 0 aromatic carbocycles. The molecule has 2 atom stereocenters. The third-order valence-electron chi connectivity index (χ3n) is 3.37. The van der Waals surface area contributed by atoms with Crippen LogP contribution in [0.5, 0.6) is 0 Å². The highest BCUT2D eigenvalue weighted by molar-refractivity contribution is 5.83. The number of hydrogen-bond donors (Lipinski definition) is 1. The van der Waals surface area contributed by atoms with E-state index in [1.807, 2.05) is 20.8 Å². The van der Waals surface area contributed by atoms with E-state index in [-0.39, 0.29) is 17.9 Å². The molecule has 1 rings (SSSR count). The number of amides is 1. The van der Waals surface area contributed by atoms with E-state index >= 15 is 0 Å². The van der Waals surface area contributed by atoms with Crippen molar-refractivity contribution in [1.29, 1.82) is 0 Å². The van der Waals surface area contributed by atoms with Crippen molar-refractivity contribution in [2.75, 3.05) is 13.7 Å². The third-order valence-corrected chi connectivity index (χ3v) is 3.37. The van der Waals surface area contributed by atoms with Gasteiger partial charge < -0.3 is 10.1 Å². The average molecular weight is 303 g/mol. The van der Waals surface area contributed by atoms with Gasteiger partial charge in [0, 0.05) is 5.41 Å². The molecule has 0 spiro atoms. The van der Waals surface area contributed by atoms with Gasteiger partial charge in [-0.05, 0) is 36.1 Å². The van der Waals surface area contributed by atoms with Crippen LogP contribution in [0, 0.1) is 11.3 Å². The normalized spacial score (nSPS) is 25.7. The van der Waals surface area contributed by atoms with Gasteiger partial charge in [0.05, 0.1) is 13.7 Å². The van der Waals surface area contributed by atoms with Gasteiger partial charge in [-0.2, -0.15) is 4.94 Å². The van der Waals surface area contributed by atoms with E-state index in [9.17, 15) is 14.1 Å². The van der Waals surface area contributed by atoms with E-state index in [2.05, 4.69) is 29.3 Å². The van der Waals surface area contributed by atoms with Crippen LogP contribution in [0.25, 0.3) is 0 Å². The Morgan fingerprint density at radius 2 is 2.05 bits per heavy atom. The van der Waals surface area contributed by atoms with Crippen LogP contribution in [-0.2, 0) is 14.5 Å². The molecule has 124 valence electrons. The zero-order valence-corrected chi connectivity index (χ0v) is 13.9. The van der Waals surface area contributed by atoms with Crippen LogP contribution in [0.3, 0.4) is 0 Å². The molecular weight excluding hydrogens is 273 g/mol. The molecule has 2 unspecified atom stereocenters. The maximum absolute atomic E-state index is 12.0. The molecule has 0 radical (unpaired) electrons. The van der Waals surface area contributed by atoms with E-state index in [0.29, 0.717) is 5.92 Å². The second kappa shape index (κ2) is 13.7. The van der Waals surface area contributed by atoms with Gasteiger partial charge in [-0.1, -0.05) is 39.8 Å². The first-order valence-corrected chi connectivity index (χ1v) is 7.53. The van der Waals surface area contributed by atoms with Crippen molar-refractivity contribution < 1.29 is 19.1 Å². The highest BCUT2D eigenvalue weighted by Gasteiger charge is 2.32. The van der Waals surface area contributed by atoms with Crippen molar-refractivity contribution in [3.8, 4) is 0 Å². The highest BCUT2D eigenvalue weighted by atomic mass is 19.3. The number of carbonyl (C=O) groups is 2. The Kier molecular flexibility index (Phi) is 14.4. The summed E-state index contributed by atoms with van der Waals surface area (Å²) < 4.78 is 9.79. The molecule has 0 aromatic heterocycles. The molecule has 1 amide bonds. The van der Waals surface area contributed by atoms with Crippen LogP contribution in [0.2, 0.25) is 0 Å². The van der Waals surface area contributed by atoms with Gasteiger partial charge in [-0.15, -0.1) is 0 Å². The maximum Gasteiger partial charge on any atom is 0.226 e. The number of halogens is 1. The van der Waals surface area contributed by atoms with Gasteiger partial charge in [0.15, 0.2) is 0 Å². The molecule has 0 fully saturated rings. The molecule has 0 heterocycles. The lowest BCUT2D eigenvalue weighted by atomic mass is 9.77. The molecule has 1 N–H and O–H groups in total. The lowest BCUT2D eigenvalue weighted by Gasteiger charge is -2.30. The molecule has 1 aliphatic carbocycles. The Balaban J connectivity index is 0. The maximum atomic E-state index is 12.0. The summed E-state index contributed by atoms with van der Waals surface area (Å²) in [5, 5.41) is 2.67. The lowest BCUT2D eigenvalue weighted by molar-refractivity contribution is -0.131. The second-order valence-corrected chi connectivity index (χ2v) is 5.07. The minimum Gasteiger partial charge on any atom is -0.349 e. The molecule has 0 saturated heterocycles. The van der Waals surface area contributed by atoms with E-state index in [4.69, 9.17) is 0 Å². The van der Waals surface area contributed by atoms with Crippen molar-refractivity contribution in [1.82, 2.24) is 5.32 Å². The monoisotopic (exact) mass is 303 g/mol. The van der Waals surface area contributed by atoms with Gasteiger partial charge in [0.2, 0.25) is 5.91 Å². The number of hydrogen-bond acceptors (Lipinski definition) is 3.